The maximum atomic E-state index is 10.9. The van der Waals surface area contributed by atoms with E-state index >= 15 is 0 Å². The van der Waals surface area contributed by atoms with Crippen molar-refractivity contribution in [1.29, 1.82) is 0 Å². The molecule has 0 aliphatic carbocycles. The molecule has 10 atom stereocenters. The summed E-state index contributed by atoms with van der Waals surface area (Å²) >= 11 is 6.73. The number of thiocarbonyl (C=S) groups is 1. The Bertz CT molecular complexity index is 610. The van der Waals surface area contributed by atoms with Crippen LogP contribution < -0.4 is 0 Å². The number of hydrogen-bond acceptors (Lipinski definition) is 11. The Morgan fingerprint density at radius 3 is 2.36 bits per heavy atom. The van der Waals surface area contributed by atoms with Gasteiger partial charge in [0.25, 0.3) is 0 Å². The molecule has 9 nitrogen and oxygen atoms in total. The van der Waals surface area contributed by atoms with Crippen LogP contribution in [0.25, 0.3) is 0 Å². The molecule has 0 spiro atoms. The molecule has 0 aromatic rings. The zero-order valence-electron chi connectivity index (χ0n) is 19.0. The van der Waals surface area contributed by atoms with Crippen LogP contribution in [0.2, 0.25) is 0 Å². The molecule has 0 radical (unpaired) electrons. The summed E-state index contributed by atoms with van der Waals surface area (Å²) in [5.41, 5.74) is 0. The van der Waals surface area contributed by atoms with E-state index in [9.17, 15) is 25.5 Å². The first kappa shape index (κ1) is 27.7. The van der Waals surface area contributed by atoms with Gasteiger partial charge < -0.3 is 44.5 Å². The smallest absolute Gasteiger partial charge is 0.187 e. The van der Waals surface area contributed by atoms with E-state index in [4.69, 9.17) is 31.2 Å². The lowest BCUT2D eigenvalue weighted by atomic mass is 9.85. The monoisotopic (exact) mass is 510 g/mol. The number of hydrogen-bond donors (Lipinski definition) is 5. The predicted octanol–water partition coefficient (Wildman–Crippen LogP) is 0.367. The van der Waals surface area contributed by atoms with Gasteiger partial charge >= 0.3 is 0 Å². The van der Waals surface area contributed by atoms with Crippen molar-refractivity contribution < 1.29 is 44.5 Å². The lowest BCUT2D eigenvalue weighted by Crippen LogP contribution is -2.63. The predicted molar refractivity (Wildman–Crippen MR) is 126 cm³/mol. The van der Waals surface area contributed by atoms with E-state index < -0.39 is 61.2 Å². The fourth-order valence-electron chi connectivity index (χ4n) is 4.62. The molecular weight excluding hydrogens is 472 g/mol. The minimum Gasteiger partial charge on any atom is -0.394 e. The van der Waals surface area contributed by atoms with Crippen molar-refractivity contribution in [2.75, 3.05) is 24.7 Å². The molecular formula is C22H38O9S2. The molecule has 6 aliphatic heterocycles. The van der Waals surface area contributed by atoms with E-state index in [1.807, 2.05) is 6.92 Å². The highest BCUT2D eigenvalue weighted by Gasteiger charge is 2.50. The van der Waals surface area contributed by atoms with Crippen molar-refractivity contribution in [3.63, 3.8) is 0 Å². The Hall–Kier alpha value is 0.0800. The van der Waals surface area contributed by atoms with E-state index in [-0.39, 0.29) is 6.61 Å². The summed E-state index contributed by atoms with van der Waals surface area (Å²) in [4.78, 5) is 0.953. The van der Waals surface area contributed by atoms with Crippen molar-refractivity contribution in [2.45, 2.75) is 101 Å². The molecule has 0 saturated carbocycles. The summed E-state index contributed by atoms with van der Waals surface area (Å²) in [7, 11) is 0. The SMILES string of the molecule is CC(=S)CCCSCC1O[C@H]2OCCCCCC3C(CO)O[C@@H](OC1C(O)C2O)C(O)C3O. The summed E-state index contributed by atoms with van der Waals surface area (Å²) < 4.78 is 23.5. The van der Waals surface area contributed by atoms with Crippen molar-refractivity contribution in [2.24, 2.45) is 5.92 Å². The van der Waals surface area contributed by atoms with E-state index in [0.29, 0.717) is 25.2 Å². The van der Waals surface area contributed by atoms with Crippen molar-refractivity contribution in [3.8, 4) is 0 Å². The van der Waals surface area contributed by atoms with Gasteiger partial charge in [-0.15, -0.1) is 0 Å². The zero-order valence-corrected chi connectivity index (χ0v) is 20.7. The van der Waals surface area contributed by atoms with Crippen LogP contribution >= 0.6 is 24.0 Å². The molecule has 6 heterocycles. The van der Waals surface area contributed by atoms with Gasteiger partial charge in [-0.25, -0.2) is 0 Å². The highest BCUT2D eigenvalue weighted by Crippen LogP contribution is 2.34. The Labute approximate surface area is 204 Å². The number of thioether (sulfide) groups is 1. The van der Waals surface area contributed by atoms with Crippen LogP contribution in [-0.4, -0.2) is 110 Å². The van der Waals surface area contributed by atoms with Crippen LogP contribution in [0.15, 0.2) is 0 Å². The lowest BCUT2D eigenvalue weighted by molar-refractivity contribution is -0.351. The van der Waals surface area contributed by atoms with Gasteiger partial charge in [-0.3, -0.25) is 0 Å². The van der Waals surface area contributed by atoms with Gasteiger partial charge in [0, 0.05) is 18.3 Å². The molecule has 0 amide bonds. The topological polar surface area (TPSA) is 138 Å². The van der Waals surface area contributed by atoms with Crippen LogP contribution in [0, 0.1) is 5.92 Å². The summed E-state index contributed by atoms with van der Waals surface area (Å²) in [6, 6.07) is 0. The van der Waals surface area contributed by atoms with Gasteiger partial charge in [-0.2, -0.15) is 11.8 Å². The highest BCUT2D eigenvalue weighted by atomic mass is 32.2. The van der Waals surface area contributed by atoms with Crippen molar-refractivity contribution >= 4 is 28.8 Å². The molecule has 6 rings (SSSR count). The van der Waals surface area contributed by atoms with E-state index in [1.54, 1.807) is 11.8 Å². The second-order valence-corrected chi connectivity index (χ2v) is 10.9. The van der Waals surface area contributed by atoms with Crippen LogP contribution in [0.4, 0.5) is 0 Å². The Morgan fingerprint density at radius 1 is 0.909 bits per heavy atom. The largest absolute Gasteiger partial charge is 0.394 e. The summed E-state index contributed by atoms with van der Waals surface area (Å²) in [6.07, 6.45) is -5.24. The molecule has 6 aliphatic rings. The molecule has 6 fully saturated rings. The van der Waals surface area contributed by atoms with Crippen molar-refractivity contribution in [1.82, 2.24) is 0 Å². The Kier molecular flexibility index (Phi) is 11.2. The van der Waals surface area contributed by atoms with E-state index in [2.05, 4.69) is 0 Å². The summed E-state index contributed by atoms with van der Waals surface area (Å²) in [5, 5.41) is 52.7. The fourth-order valence-corrected chi connectivity index (χ4v) is 5.78. The highest BCUT2D eigenvalue weighted by molar-refractivity contribution is 7.99. The number of aliphatic hydroxyl groups is 5. The molecule has 6 saturated heterocycles. The van der Waals surface area contributed by atoms with Crippen LogP contribution in [0.3, 0.4) is 0 Å². The number of rotatable bonds is 7. The quantitative estimate of drug-likeness (QED) is 0.240. The first-order valence-electron chi connectivity index (χ1n) is 11.8. The lowest BCUT2D eigenvalue weighted by Gasteiger charge is -2.47. The normalized spacial score (nSPS) is 42.6. The van der Waals surface area contributed by atoms with Crippen molar-refractivity contribution in [3.05, 3.63) is 0 Å². The molecule has 5 N–H and O–H groups in total. The van der Waals surface area contributed by atoms with Gasteiger partial charge in [0.2, 0.25) is 0 Å². The molecule has 0 aromatic heterocycles. The third kappa shape index (κ3) is 7.29. The first-order valence-corrected chi connectivity index (χ1v) is 13.4. The van der Waals surface area contributed by atoms with Gasteiger partial charge in [0.1, 0.15) is 24.4 Å². The molecule has 4 bridgehead atoms. The third-order valence-corrected chi connectivity index (χ3v) is 7.88. The number of ether oxygens (including phenoxy) is 4. The minimum atomic E-state index is -1.36. The standard InChI is InChI=1S/C22H38O9S2/c1-12(32)6-5-9-33-11-15-20-17(25)19(27)21(30-15)28-8-4-2-3-7-13-14(10-23)29-22(31-20)18(26)16(13)24/h13-27H,2-11H2,1H3/t13?,14?,15?,16?,17?,18?,19?,20?,21-,22+/m1/s1. The maximum Gasteiger partial charge on any atom is 0.187 e. The van der Waals surface area contributed by atoms with Gasteiger partial charge in [-0.05, 0) is 43.2 Å². The number of aliphatic hydroxyl groups excluding tert-OH is 5. The average molecular weight is 511 g/mol. The Balaban J connectivity index is 1.77. The second kappa shape index (κ2) is 13.4. The summed E-state index contributed by atoms with van der Waals surface area (Å²) in [5.74, 6) is 0.859. The average Bonchev–Trinajstić information content (AvgIpc) is 2.79. The fraction of sp³-hybridized carbons (Fsp3) is 0.955. The van der Waals surface area contributed by atoms with E-state index in [1.165, 1.54) is 0 Å². The van der Waals surface area contributed by atoms with E-state index in [0.717, 1.165) is 36.3 Å². The molecule has 11 heteroatoms. The van der Waals surface area contributed by atoms with Gasteiger partial charge in [0.05, 0.1) is 24.9 Å². The third-order valence-electron chi connectivity index (χ3n) is 6.53. The first-order chi connectivity index (χ1) is 15.8. The Morgan fingerprint density at radius 2 is 1.64 bits per heavy atom. The zero-order chi connectivity index (χ0) is 24.0. The maximum absolute atomic E-state index is 10.9. The molecule has 8 unspecified atom stereocenters. The molecule has 0 aromatic carbocycles. The van der Waals surface area contributed by atoms with Crippen LogP contribution in [-0.2, 0) is 18.9 Å². The summed E-state index contributed by atoms with van der Waals surface area (Å²) in [6.45, 7) is 1.94. The van der Waals surface area contributed by atoms with Gasteiger partial charge in [-0.1, -0.05) is 25.1 Å². The second-order valence-electron chi connectivity index (χ2n) is 9.10. The van der Waals surface area contributed by atoms with Crippen LogP contribution in [0.1, 0.15) is 45.4 Å². The van der Waals surface area contributed by atoms with Gasteiger partial charge in [0.15, 0.2) is 12.6 Å². The molecule has 192 valence electrons. The van der Waals surface area contributed by atoms with Crippen LogP contribution in [0.5, 0.6) is 0 Å². The minimum absolute atomic E-state index is 0.329. The molecule has 33 heavy (non-hydrogen) atoms.